The normalized spacial score (nSPS) is 21.1. The lowest BCUT2D eigenvalue weighted by Crippen LogP contribution is -2.07. The van der Waals surface area contributed by atoms with Crippen molar-refractivity contribution in [2.45, 2.75) is 51.4 Å². The number of carbonyl (C=O) groups is 1. The van der Waals surface area contributed by atoms with Crippen LogP contribution in [0.4, 0.5) is 0 Å². The fourth-order valence-electron chi connectivity index (χ4n) is 2.90. The van der Waals surface area contributed by atoms with Crippen molar-refractivity contribution >= 4 is 28.9 Å². The Labute approximate surface area is 127 Å². The number of thioether (sulfide) groups is 1. The summed E-state index contributed by atoms with van der Waals surface area (Å²) in [5.41, 5.74) is 2.87. The van der Waals surface area contributed by atoms with E-state index in [2.05, 4.69) is 28.5 Å². The van der Waals surface area contributed by atoms with Crippen LogP contribution < -0.4 is 0 Å². The number of hydrogen-bond acceptors (Lipinski definition) is 4. The lowest BCUT2D eigenvalue weighted by Gasteiger charge is -2.09. The average molecular weight is 308 g/mol. The van der Waals surface area contributed by atoms with E-state index in [1.807, 2.05) is 11.6 Å². The number of fused-ring (bicyclic) bond motifs is 1. The summed E-state index contributed by atoms with van der Waals surface area (Å²) in [6, 6.07) is 0.442. The molecule has 2 aromatic heterocycles. The summed E-state index contributed by atoms with van der Waals surface area (Å²) in [5, 5.41) is 14.3. The van der Waals surface area contributed by atoms with E-state index in [9.17, 15) is 4.79 Å². The maximum absolute atomic E-state index is 10.9. The Morgan fingerprint density at radius 3 is 2.81 bits per heavy atom. The highest BCUT2D eigenvalue weighted by molar-refractivity contribution is 7.99. The van der Waals surface area contributed by atoms with Crippen molar-refractivity contribution in [1.82, 2.24) is 19.3 Å². The molecule has 0 aromatic carbocycles. The number of hydrogen-bond donors (Lipinski definition) is 1. The number of carboxylic acids is 1. The molecular formula is C14H20N4O2S. The third kappa shape index (κ3) is 2.43. The van der Waals surface area contributed by atoms with Gasteiger partial charge in [0.25, 0.3) is 0 Å². The third-order valence-electron chi connectivity index (χ3n) is 4.08. The van der Waals surface area contributed by atoms with Gasteiger partial charge < -0.3 is 9.67 Å². The molecule has 1 N–H and O–H groups in total. The molecule has 1 aliphatic rings. The van der Waals surface area contributed by atoms with Gasteiger partial charge in [0.15, 0.2) is 10.8 Å². The largest absolute Gasteiger partial charge is 0.481 e. The molecule has 2 atom stereocenters. The van der Waals surface area contributed by atoms with Crippen LogP contribution in [0, 0.1) is 12.8 Å². The summed E-state index contributed by atoms with van der Waals surface area (Å²) in [4.78, 5) is 15.5. The fraction of sp³-hybridized carbons (Fsp3) is 0.643. The number of aryl methyl sites for hydroxylation is 2. The average Bonchev–Trinajstić information content (AvgIpc) is 3.03. The first kappa shape index (κ1) is 14.4. The Morgan fingerprint density at radius 2 is 2.24 bits per heavy atom. The standard InChI is InChI=1S/C14H20N4O2S/c1-4-9-6-10(9)18-13-12(8(3)16-17(13)5-2)15-14(18)21-7-11(19)20/h9-10H,4-7H2,1-3H3,(H,19,20). The molecule has 21 heavy (non-hydrogen) atoms. The van der Waals surface area contributed by atoms with Gasteiger partial charge in [-0.25, -0.2) is 9.67 Å². The fourth-order valence-corrected chi connectivity index (χ4v) is 3.67. The van der Waals surface area contributed by atoms with Gasteiger partial charge in [-0.3, -0.25) is 4.79 Å². The predicted octanol–water partition coefficient (Wildman–Crippen LogP) is 2.71. The maximum Gasteiger partial charge on any atom is 0.313 e. The van der Waals surface area contributed by atoms with Gasteiger partial charge in [-0.15, -0.1) is 0 Å². The minimum atomic E-state index is -0.810. The van der Waals surface area contributed by atoms with E-state index in [1.54, 1.807) is 0 Å². The van der Waals surface area contributed by atoms with Gasteiger partial charge in [-0.1, -0.05) is 25.1 Å². The number of aliphatic carboxylic acids is 1. The molecule has 0 saturated heterocycles. The third-order valence-corrected chi connectivity index (χ3v) is 5.01. The number of nitrogens with zero attached hydrogens (tertiary/aromatic N) is 4. The van der Waals surface area contributed by atoms with Crippen LogP contribution in [0.1, 0.15) is 38.4 Å². The van der Waals surface area contributed by atoms with Crippen LogP contribution in [0.5, 0.6) is 0 Å². The van der Waals surface area contributed by atoms with Crippen molar-refractivity contribution in [2.75, 3.05) is 5.75 Å². The minimum Gasteiger partial charge on any atom is -0.481 e. The zero-order chi connectivity index (χ0) is 15.1. The molecule has 2 aromatic rings. The topological polar surface area (TPSA) is 72.9 Å². The number of rotatable bonds is 6. The first-order chi connectivity index (χ1) is 10.1. The second kappa shape index (κ2) is 5.36. The Balaban J connectivity index is 2.08. The van der Waals surface area contributed by atoms with E-state index in [1.165, 1.54) is 11.8 Å². The summed E-state index contributed by atoms with van der Waals surface area (Å²) in [6.45, 7) is 7.02. The van der Waals surface area contributed by atoms with Crippen molar-refractivity contribution in [3.05, 3.63) is 5.69 Å². The second-order valence-electron chi connectivity index (χ2n) is 5.49. The minimum absolute atomic E-state index is 0.0434. The summed E-state index contributed by atoms with van der Waals surface area (Å²) < 4.78 is 4.20. The Morgan fingerprint density at radius 1 is 1.48 bits per heavy atom. The lowest BCUT2D eigenvalue weighted by molar-refractivity contribution is -0.133. The number of carboxylic acid groups (broad SMARTS) is 1. The van der Waals surface area contributed by atoms with Crippen molar-refractivity contribution in [1.29, 1.82) is 0 Å². The van der Waals surface area contributed by atoms with E-state index in [0.29, 0.717) is 12.0 Å². The van der Waals surface area contributed by atoms with Crippen LogP contribution in [0.2, 0.25) is 0 Å². The van der Waals surface area contributed by atoms with E-state index in [4.69, 9.17) is 5.11 Å². The van der Waals surface area contributed by atoms with Crippen molar-refractivity contribution < 1.29 is 9.90 Å². The molecule has 0 radical (unpaired) electrons. The molecule has 114 valence electrons. The molecule has 7 heteroatoms. The SMILES string of the molecule is CCC1CC1n1c(SCC(=O)O)nc2c(C)nn(CC)c21. The highest BCUT2D eigenvalue weighted by Gasteiger charge is 2.40. The van der Waals surface area contributed by atoms with Crippen molar-refractivity contribution in [2.24, 2.45) is 5.92 Å². The first-order valence-electron chi connectivity index (χ1n) is 7.36. The monoisotopic (exact) mass is 308 g/mol. The van der Waals surface area contributed by atoms with Gasteiger partial charge in [0, 0.05) is 12.6 Å². The van der Waals surface area contributed by atoms with Crippen LogP contribution in [-0.4, -0.2) is 36.2 Å². The zero-order valence-electron chi connectivity index (χ0n) is 12.5. The molecule has 2 unspecified atom stereocenters. The van der Waals surface area contributed by atoms with Gasteiger partial charge in [-0.05, 0) is 26.2 Å². The predicted molar refractivity (Wildman–Crippen MR) is 81.7 cm³/mol. The highest BCUT2D eigenvalue weighted by atomic mass is 32.2. The van der Waals surface area contributed by atoms with E-state index in [-0.39, 0.29) is 5.75 Å². The van der Waals surface area contributed by atoms with Crippen LogP contribution in [0.3, 0.4) is 0 Å². The molecule has 2 heterocycles. The summed E-state index contributed by atoms with van der Waals surface area (Å²) >= 11 is 1.31. The highest BCUT2D eigenvalue weighted by Crippen LogP contribution is 2.49. The molecular weight excluding hydrogens is 288 g/mol. The summed E-state index contributed by atoms with van der Waals surface area (Å²) in [6.07, 6.45) is 2.29. The van der Waals surface area contributed by atoms with Gasteiger partial charge in [0.05, 0.1) is 11.4 Å². The molecule has 6 nitrogen and oxygen atoms in total. The van der Waals surface area contributed by atoms with E-state index in [0.717, 1.165) is 41.4 Å². The summed E-state index contributed by atoms with van der Waals surface area (Å²) in [5.74, 6) is -0.0933. The van der Waals surface area contributed by atoms with Crippen LogP contribution in [0.25, 0.3) is 11.2 Å². The van der Waals surface area contributed by atoms with Gasteiger partial charge in [-0.2, -0.15) is 5.10 Å². The lowest BCUT2D eigenvalue weighted by atomic mass is 10.3. The molecule has 1 fully saturated rings. The van der Waals surface area contributed by atoms with E-state index >= 15 is 0 Å². The molecule has 0 bridgehead atoms. The number of imidazole rings is 1. The van der Waals surface area contributed by atoms with Crippen molar-refractivity contribution in [3.63, 3.8) is 0 Å². The van der Waals surface area contributed by atoms with Crippen LogP contribution in [-0.2, 0) is 11.3 Å². The second-order valence-corrected chi connectivity index (χ2v) is 6.43. The van der Waals surface area contributed by atoms with Gasteiger partial charge >= 0.3 is 5.97 Å². The molecule has 1 aliphatic carbocycles. The Bertz CT molecular complexity index is 691. The van der Waals surface area contributed by atoms with Crippen LogP contribution in [0.15, 0.2) is 5.16 Å². The Kier molecular flexibility index (Phi) is 3.69. The summed E-state index contributed by atoms with van der Waals surface area (Å²) in [7, 11) is 0. The van der Waals surface area contributed by atoms with Crippen molar-refractivity contribution in [3.8, 4) is 0 Å². The zero-order valence-corrected chi connectivity index (χ0v) is 13.4. The first-order valence-corrected chi connectivity index (χ1v) is 8.35. The number of aromatic nitrogens is 4. The van der Waals surface area contributed by atoms with Gasteiger partial charge in [0.2, 0.25) is 0 Å². The Hall–Kier alpha value is -1.50. The molecule has 0 amide bonds. The smallest absolute Gasteiger partial charge is 0.313 e. The quantitative estimate of drug-likeness (QED) is 0.831. The van der Waals surface area contributed by atoms with Gasteiger partial charge in [0.1, 0.15) is 5.52 Å². The molecule has 3 rings (SSSR count). The molecule has 1 saturated carbocycles. The maximum atomic E-state index is 10.9. The van der Waals surface area contributed by atoms with E-state index < -0.39 is 5.97 Å². The van der Waals surface area contributed by atoms with Crippen LogP contribution >= 0.6 is 11.8 Å². The molecule has 0 spiro atoms. The molecule has 0 aliphatic heterocycles.